The van der Waals surface area contributed by atoms with Gasteiger partial charge in [0, 0.05) is 10.1 Å². The highest BCUT2D eigenvalue weighted by Gasteiger charge is 2.03. The van der Waals surface area contributed by atoms with Crippen LogP contribution in [0.25, 0.3) is 10.9 Å². The van der Waals surface area contributed by atoms with Gasteiger partial charge in [-0.05, 0) is 18.2 Å². The van der Waals surface area contributed by atoms with Crippen molar-refractivity contribution < 1.29 is 0 Å². The predicted molar refractivity (Wildman–Crippen MR) is 63.4 cm³/mol. The first kappa shape index (κ1) is 10.2. The Bertz CT molecular complexity index is 533. The Morgan fingerprint density at radius 2 is 2.20 bits per heavy atom. The summed E-state index contributed by atoms with van der Waals surface area (Å²) in [5.74, 6) is 0. The SMILES string of the molecule is CC(C)Sc1ccc2nc[nH]c(=O)c2c1. The first-order chi connectivity index (χ1) is 7.16. The van der Waals surface area contributed by atoms with Gasteiger partial charge in [0.25, 0.3) is 5.56 Å². The number of benzene rings is 1. The average molecular weight is 220 g/mol. The van der Waals surface area contributed by atoms with E-state index in [1.165, 1.54) is 6.33 Å². The standard InChI is InChI=1S/C11H12N2OS/c1-7(2)15-8-3-4-10-9(5-8)11(14)13-6-12-10/h3-7H,1-2H3,(H,12,13,14). The number of H-pyrrole nitrogens is 1. The zero-order valence-corrected chi connectivity index (χ0v) is 9.47. The van der Waals surface area contributed by atoms with Gasteiger partial charge in [-0.1, -0.05) is 13.8 Å². The van der Waals surface area contributed by atoms with Crippen LogP contribution in [0.4, 0.5) is 0 Å². The summed E-state index contributed by atoms with van der Waals surface area (Å²) < 4.78 is 0. The van der Waals surface area contributed by atoms with Gasteiger partial charge in [0.2, 0.25) is 0 Å². The molecule has 0 saturated carbocycles. The molecule has 0 spiro atoms. The summed E-state index contributed by atoms with van der Waals surface area (Å²) in [6.45, 7) is 4.25. The van der Waals surface area contributed by atoms with E-state index < -0.39 is 0 Å². The summed E-state index contributed by atoms with van der Waals surface area (Å²) in [6.07, 6.45) is 1.43. The second kappa shape index (κ2) is 4.06. The maximum Gasteiger partial charge on any atom is 0.258 e. The molecule has 0 saturated heterocycles. The van der Waals surface area contributed by atoms with Crippen LogP contribution < -0.4 is 5.56 Å². The first-order valence-corrected chi connectivity index (χ1v) is 5.69. The monoisotopic (exact) mass is 220 g/mol. The molecule has 1 N–H and O–H groups in total. The third-order valence-electron chi connectivity index (χ3n) is 1.98. The minimum atomic E-state index is -0.0776. The molecule has 0 bridgehead atoms. The number of fused-ring (bicyclic) bond motifs is 1. The van der Waals surface area contributed by atoms with Crippen molar-refractivity contribution in [3.63, 3.8) is 0 Å². The molecule has 15 heavy (non-hydrogen) atoms. The minimum Gasteiger partial charge on any atom is -0.313 e. The Hall–Kier alpha value is -1.29. The number of nitrogens with one attached hydrogen (secondary N) is 1. The van der Waals surface area contributed by atoms with Gasteiger partial charge in [-0.25, -0.2) is 4.98 Å². The van der Waals surface area contributed by atoms with E-state index in [-0.39, 0.29) is 5.56 Å². The van der Waals surface area contributed by atoms with Crippen molar-refractivity contribution in [2.24, 2.45) is 0 Å². The largest absolute Gasteiger partial charge is 0.313 e. The van der Waals surface area contributed by atoms with Gasteiger partial charge < -0.3 is 4.98 Å². The molecule has 3 nitrogen and oxygen atoms in total. The van der Waals surface area contributed by atoms with Crippen LogP contribution in [0.2, 0.25) is 0 Å². The first-order valence-electron chi connectivity index (χ1n) is 4.81. The second-order valence-corrected chi connectivity index (χ2v) is 5.23. The molecule has 1 heterocycles. The lowest BCUT2D eigenvalue weighted by Crippen LogP contribution is -2.06. The fraction of sp³-hybridized carbons (Fsp3) is 0.273. The van der Waals surface area contributed by atoms with Gasteiger partial charge >= 0.3 is 0 Å². The van der Waals surface area contributed by atoms with Crippen LogP contribution in [-0.2, 0) is 0 Å². The van der Waals surface area contributed by atoms with E-state index in [1.54, 1.807) is 11.8 Å². The number of thioether (sulfide) groups is 1. The molecule has 1 aromatic heterocycles. The lowest BCUT2D eigenvalue weighted by atomic mass is 10.2. The van der Waals surface area contributed by atoms with Crippen LogP contribution in [0.3, 0.4) is 0 Å². The molecule has 0 amide bonds. The van der Waals surface area contributed by atoms with Crippen LogP contribution in [0.5, 0.6) is 0 Å². The van der Waals surface area contributed by atoms with Gasteiger partial charge in [0.15, 0.2) is 0 Å². The quantitative estimate of drug-likeness (QED) is 0.791. The highest BCUT2D eigenvalue weighted by molar-refractivity contribution is 7.99. The number of nitrogens with zero attached hydrogens (tertiary/aromatic N) is 1. The van der Waals surface area contributed by atoms with Gasteiger partial charge in [0.1, 0.15) is 0 Å². The Kier molecular flexibility index (Phi) is 2.77. The van der Waals surface area contributed by atoms with E-state index in [1.807, 2.05) is 18.2 Å². The molecule has 0 atom stereocenters. The second-order valence-electron chi connectivity index (χ2n) is 3.58. The van der Waals surface area contributed by atoms with Crippen molar-refractivity contribution in [3.05, 3.63) is 34.9 Å². The number of hydrogen-bond donors (Lipinski definition) is 1. The molecule has 0 aliphatic rings. The third kappa shape index (κ3) is 2.21. The molecular weight excluding hydrogens is 208 g/mol. The Labute approximate surface area is 91.9 Å². The smallest absolute Gasteiger partial charge is 0.258 e. The van der Waals surface area contributed by atoms with E-state index in [2.05, 4.69) is 23.8 Å². The van der Waals surface area contributed by atoms with Crippen LogP contribution in [0.1, 0.15) is 13.8 Å². The maximum absolute atomic E-state index is 11.5. The Morgan fingerprint density at radius 1 is 1.40 bits per heavy atom. The molecular formula is C11H12N2OS. The zero-order chi connectivity index (χ0) is 10.8. The number of hydrogen-bond acceptors (Lipinski definition) is 3. The van der Waals surface area contributed by atoms with E-state index in [9.17, 15) is 4.79 Å². The van der Waals surface area contributed by atoms with Gasteiger partial charge in [-0.15, -0.1) is 11.8 Å². The lowest BCUT2D eigenvalue weighted by Gasteiger charge is -2.04. The summed E-state index contributed by atoms with van der Waals surface area (Å²) in [7, 11) is 0. The molecule has 0 aliphatic heterocycles. The highest BCUT2D eigenvalue weighted by atomic mass is 32.2. The van der Waals surface area contributed by atoms with Gasteiger partial charge in [-0.2, -0.15) is 0 Å². The van der Waals surface area contributed by atoms with Crippen molar-refractivity contribution in [3.8, 4) is 0 Å². The van der Waals surface area contributed by atoms with Crippen molar-refractivity contribution in [1.82, 2.24) is 9.97 Å². The average Bonchev–Trinajstić information content (AvgIpc) is 2.18. The molecule has 2 rings (SSSR count). The van der Waals surface area contributed by atoms with Crippen molar-refractivity contribution in [2.75, 3.05) is 0 Å². The number of aromatic nitrogens is 2. The van der Waals surface area contributed by atoms with E-state index >= 15 is 0 Å². The van der Waals surface area contributed by atoms with Gasteiger partial charge in [0.05, 0.1) is 17.2 Å². The Morgan fingerprint density at radius 3 is 2.93 bits per heavy atom. The number of rotatable bonds is 2. The van der Waals surface area contributed by atoms with E-state index in [0.29, 0.717) is 10.6 Å². The van der Waals surface area contributed by atoms with Crippen molar-refractivity contribution in [1.29, 1.82) is 0 Å². The summed E-state index contributed by atoms with van der Waals surface area (Å²) in [5.41, 5.74) is 0.665. The zero-order valence-electron chi connectivity index (χ0n) is 8.65. The third-order valence-corrected chi connectivity index (χ3v) is 2.98. The fourth-order valence-corrected chi connectivity index (χ4v) is 2.27. The molecule has 78 valence electrons. The maximum atomic E-state index is 11.5. The normalized spacial score (nSPS) is 11.1. The Balaban J connectivity index is 2.55. The molecule has 0 unspecified atom stereocenters. The molecule has 4 heteroatoms. The summed E-state index contributed by atoms with van der Waals surface area (Å²) in [4.78, 5) is 19.3. The van der Waals surface area contributed by atoms with Crippen LogP contribution in [0, 0.1) is 0 Å². The molecule has 0 fully saturated rings. The number of aromatic amines is 1. The molecule has 0 radical (unpaired) electrons. The van der Waals surface area contributed by atoms with Crippen molar-refractivity contribution >= 4 is 22.7 Å². The predicted octanol–water partition coefficient (Wildman–Crippen LogP) is 2.42. The van der Waals surface area contributed by atoms with Crippen LogP contribution in [-0.4, -0.2) is 15.2 Å². The van der Waals surface area contributed by atoms with E-state index in [0.717, 1.165) is 10.4 Å². The highest BCUT2D eigenvalue weighted by Crippen LogP contribution is 2.24. The topological polar surface area (TPSA) is 45.8 Å². The minimum absolute atomic E-state index is 0.0776. The van der Waals surface area contributed by atoms with Crippen molar-refractivity contribution in [2.45, 2.75) is 24.0 Å². The summed E-state index contributed by atoms with van der Waals surface area (Å²) in [5, 5.41) is 1.17. The summed E-state index contributed by atoms with van der Waals surface area (Å²) >= 11 is 1.74. The van der Waals surface area contributed by atoms with Crippen LogP contribution >= 0.6 is 11.8 Å². The molecule has 2 aromatic rings. The molecule has 1 aromatic carbocycles. The lowest BCUT2D eigenvalue weighted by molar-refractivity contribution is 1.11. The van der Waals surface area contributed by atoms with E-state index in [4.69, 9.17) is 0 Å². The summed E-state index contributed by atoms with van der Waals surface area (Å²) in [6, 6.07) is 5.78. The fourth-order valence-electron chi connectivity index (χ4n) is 1.39. The van der Waals surface area contributed by atoms with Gasteiger partial charge in [-0.3, -0.25) is 4.79 Å². The molecule has 0 aliphatic carbocycles. The van der Waals surface area contributed by atoms with Crippen LogP contribution in [0.15, 0.2) is 34.2 Å².